The summed E-state index contributed by atoms with van der Waals surface area (Å²) in [6, 6.07) is 0.670. The summed E-state index contributed by atoms with van der Waals surface area (Å²) in [5.41, 5.74) is 0.953. The number of aromatic nitrogens is 2. The average molecular weight is 454 g/mol. The van der Waals surface area contributed by atoms with Crippen molar-refractivity contribution in [3.63, 3.8) is 0 Å². The molecular formula is C25H35N5O3. The Labute approximate surface area is 195 Å². The molecule has 33 heavy (non-hydrogen) atoms. The highest BCUT2D eigenvalue weighted by atomic mass is 16.5. The summed E-state index contributed by atoms with van der Waals surface area (Å²) in [5.74, 6) is 4.42. The molecule has 8 nitrogen and oxygen atoms in total. The smallest absolute Gasteiger partial charge is 0.324 e. The number of anilines is 1. The number of nitrogens with one attached hydrogen (secondary N) is 1. The number of rotatable bonds is 8. The van der Waals surface area contributed by atoms with Gasteiger partial charge in [-0.05, 0) is 68.1 Å². The number of amides is 2. The molecule has 0 spiro atoms. The largest absolute Gasteiger partial charge is 0.494 e. The van der Waals surface area contributed by atoms with Gasteiger partial charge >= 0.3 is 12.0 Å². The zero-order chi connectivity index (χ0) is 22.8. The molecule has 2 amide bonds. The van der Waals surface area contributed by atoms with Crippen molar-refractivity contribution >= 4 is 12.0 Å². The highest BCUT2D eigenvalue weighted by Crippen LogP contribution is 2.50. The first-order valence-electron chi connectivity index (χ1n) is 12.4. The van der Waals surface area contributed by atoms with Gasteiger partial charge in [-0.25, -0.2) is 4.79 Å². The summed E-state index contributed by atoms with van der Waals surface area (Å²) in [7, 11) is 0. The molecule has 2 saturated heterocycles. The summed E-state index contributed by atoms with van der Waals surface area (Å²) in [6.07, 6.45) is 13.8. The van der Waals surface area contributed by atoms with Gasteiger partial charge in [0, 0.05) is 37.8 Å². The molecule has 4 aliphatic rings. The Bertz CT molecular complexity index is 942. The molecule has 3 fully saturated rings. The maximum Gasteiger partial charge on any atom is 0.324 e. The molecule has 2 aliphatic carbocycles. The van der Waals surface area contributed by atoms with Gasteiger partial charge in [-0.2, -0.15) is 4.98 Å². The van der Waals surface area contributed by atoms with Crippen LogP contribution < -0.4 is 10.2 Å². The van der Waals surface area contributed by atoms with Gasteiger partial charge < -0.3 is 19.5 Å². The van der Waals surface area contributed by atoms with Crippen molar-refractivity contribution in [3.05, 3.63) is 41.6 Å². The Balaban J connectivity index is 1.01. The van der Waals surface area contributed by atoms with E-state index in [1.165, 1.54) is 19.3 Å². The summed E-state index contributed by atoms with van der Waals surface area (Å²) in [4.78, 5) is 20.5. The van der Waals surface area contributed by atoms with Crippen LogP contribution in [0.2, 0.25) is 0 Å². The van der Waals surface area contributed by atoms with E-state index in [0.717, 1.165) is 74.1 Å². The normalized spacial score (nSPS) is 25.7. The molecule has 8 heteroatoms. The van der Waals surface area contributed by atoms with Crippen LogP contribution >= 0.6 is 0 Å². The number of hydrogen-bond donors (Lipinski definition) is 1. The lowest BCUT2D eigenvalue weighted by Gasteiger charge is -2.30. The quantitative estimate of drug-likeness (QED) is 0.635. The first-order valence-corrected chi connectivity index (χ1v) is 12.4. The third-order valence-corrected chi connectivity index (χ3v) is 7.33. The number of allylic oxidation sites excluding steroid dienone is 4. The van der Waals surface area contributed by atoms with Crippen molar-refractivity contribution < 1.29 is 14.1 Å². The zero-order valence-electron chi connectivity index (χ0n) is 19.7. The van der Waals surface area contributed by atoms with Crippen LogP contribution in [0.15, 0.2) is 40.3 Å². The first kappa shape index (κ1) is 22.0. The van der Waals surface area contributed by atoms with E-state index in [0.29, 0.717) is 18.5 Å². The number of hydrogen-bond acceptors (Lipinski definition) is 6. The minimum atomic E-state index is -0.0155. The second-order valence-electron chi connectivity index (χ2n) is 9.90. The molecule has 0 bridgehead atoms. The molecule has 0 aromatic carbocycles. The minimum Gasteiger partial charge on any atom is -0.494 e. The molecule has 178 valence electrons. The van der Waals surface area contributed by atoms with Gasteiger partial charge in [0.1, 0.15) is 5.76 Å². The predicted octanol–water partition coefficient (Wildman–Crippen LogP) is 4.21. The number of piperidine rings is 1. The Hall–Kier alpha value is -2.77. The number of ether oxygens (including phenoxy) is 1. The summed E-state index contributed by atoms with van der Waals surface area (Å²) in [5, 5.41) is 6.95. The summed E-state index contributed by atoms with van der Waals surface area (Å²) < 4.78 is 11.5. The van der Waals surface area contributed by atoms with Gasteiger partial charge in [0.05, 0.1) is 6.61 Å². The lowest BCUT2D eigenvalue weighted by atomic mass is 9.90. The van der Waals surface area contributed by atoms with E-state index in [1.807, 2.05) is 12.2 Å². The van der Waals surface area contributed by atoms with Crippen LogP contribution in [0.25, 0.3) is 0 Å². The van der Waals surface area contributed by atoms with Crippen LogP contribution in [-0.4, -0.2) is 53.9 Å². The summed E-state index contributed by atoms with van der Waals surface area (Å²) in [6.45, 7) is 8.37. The van der Waals surface area contributed by atoms with Crippen LogP contribution in [0.3, 0.4) is 0 Å². The molecule has 0 radical (unpaired) electrons. The molecule has 2 aliphatic heterocycles. The molecular weight excluding hydrogens is 418 g/mol. The van der Waals surface area contributed by atoms with Gasteiger partial charge in [-0.15, -0.1) is 0 Å². The van der Waals surface area contributed by atoms with Crippen molar-refractivity contribution in [2.24, 2.45) is 17.8 Å². The van der Waals surface area contributed by atoms with E-state index in [-0.39, 0.29) is 6.03 Å². The zero-order valence-corrected chi connectivity index (χ0v) is 19.7. The molecule has 1 aromatic rings. The fourth-order valence-corrected chi connectivity index (χ4v) is 5.24. The Morgan fingerprint density at radius 2 is 2.06 bits per heavy atom. The van der Waals surface area contributed by atoms with Crippen LogP contribution in [0.4, 0.5) is 10.8 Å². The third-order valence-electron chi connectivity index (χ3n) is 7.33. The first-order chi connectivity index (χ1) is 16.1. The fourth-order valence-electron chi connectivity index (χ4n) is 5.24. The van der Waals surface area contributed by atoms with Gasteiger partial charge in [0.25, 0.3) is 0 Å². The maximum atomic E-state index is 11.9. The van der Waals surface area contributed by atoms with Gasteiger partial charge in [0.15, 0.2) is 5.82 Å². The number of carbonyl (C=O) groups excluding carboxylic acids is 1. The molecule has 2 atom stereocenters. The highest BCUT2D eigenvalue weighted by molar-refractivity contribution is 5.78. The van der Waals surface area contributed by atoms with Crippen LogP contribution in [0.5, 0.6) is 0 Å². The van der Waals surface area contributed by atoms with Crippen molar-refractivity contribution in [2.75, 3.05) is 37.7 Å². The van der Waals surface area contributed by atoms with Gasteiger partial charge in [0.2, 0.25) is 0 Å². The predicted molar refractivity (Wildman–Crippen MR) is 126 cm³/mol. The SMILES string of the molecule is CC(C)c1noc(N2CCC(C3CC3CCOC3=CCC=C(N4CCNC4=O)C=C3)CC2)n1. The van der Waals surface area contributed by atoms with E-state index in [1.54, 1.807) is 4.90 Å². The molecule has 3 heterocycles. The second kappa shape index (κ2) is 9.61. The Morgan fingerprint density at radius 1 is 1.21 bits per heavy atom. The molecule has 1 saturated carbocycles. The molecule has 1 N–H and O–H groups in total. The van der Waals surface area contributed by atoms with Crippen LogP contribution in [0, 0.1) is 17.8 Å². The average Bonchev–Trinajstić information content (AvgIpc) is 3.28. The van der Waals surface area contributed by atoms with Crippen LogP contribution in [-0.2, 0) is 4.74 Å². The summed E-state index contributed by atoms with van der Waals surface area (Å²) >= 11 is 0. The third kappa shape index (κ3) is 5.09. The van der Waals surface area contributed by atoms with E-state index < -0.39 is 0 Å². The van der Waals surface area contributed by atoms with E-state index in [9.17, 15) is 4.79 Å². The lowest BCUT2D eigenvalue weighted by Crippen LogP contribution is -2.34. The standard InChI is InChI=1S/C25H35N5O3/c1-17(2)23-27-25(33-28-23)29-12-8-18(9-13-29)22-16-19(22)10-15-32-21-5-3-4-20(6-7-21)30-14-11-26-24(30)31/h4-7,17-19,22H,3,8-16H2,1-2H3,(H,26,31). The van der Waals surface area contributed by atoms with Crippen molar-refractivity contribution in [3.8, 4) is 0 Å². The highest BCUT2D eigenvalue weighted by Gasteiger charge is 2.43. The van der Waals surface area contributed by atoms with E-state index in [2.05, 4.69) is 46.4 Å². The van der Waals surface area contributed by atoms with Crippen molar-refractivity contribution in [1.29, 1.82) is 0 Å². The van der Waals surface area contributed by atoms with Gasteiger partial charge in [-0.3, -0.25) is 4.90 Å². The Kier molecular flexibility index (Phi) is 6.42. The lowest BCUT2D eigenvalue weighted by molar-refractivity contribution is 0.208. The maximum absolute atomic E-state index is 11.9. The van der Waals surface area contributed by atoms with Crippen LogP contribution in [0.1, 0.15) is 57.7 Å². The molecule has 5 rings (SSSR count). The number of nitrogens with zero attached hydrogens (tertiary/aromatic N) is 4. The number of carbonyl (C=O) groups is 1. The fraction of sp³-hybridized carbons (Fsp3) is 0.640. The monoisotopic (exact) mass is 453 g/mol. The van der Waals surface area contributed by atoms with E-state index >= 15 is 0 Å². The minimum absolute atomic E-state index is 0.0155. The van der Waals surface area contributed by atoms with Crippen molar-refractivity contribution in [2.45, 2.75) is 51.9 Å². The van der Waals surface area contributed by atoms with E-state index in [4.69, 9.17) is 9.26 Å². The Morgan fingerprint density at radius 3 is 2.79 bits per heavy atom. The number of urea groups is 1. The second-order valence-corrected chi connectivity index (χ2v) is 9.90. The molecule has 2 unspecified atom stereocenters. The molecule has 1 aromatic heterocycles. The van der Waals surface area contributed by atoms with Crippen molar-refractivity contribution in [1.82, 2.24) is 20.4 Å². The topological polar surface area (TPSA) is 83.7 Å². The van der Waals surface area contributed by atoms with Gasteiger partial charge in [-0.1, -0.05) is 25.1 Å².